The summed E-state index contributed by atoms with van der Waals surface area (Å²) >= 11 is 0. The molecule has 0 aliphatic heterocycles. The van der Waals surface area contributed by atoms with Gasteiger partial charge in [-0.15, -0.1) is 0 Å². The van der Waals surface area contributed by atoms with Crippen LogP contribution < -0.4 is 10.6 Å². The van der Waals surface area contributed by atoms with E-state index in [2.05, 4.69) is 10.1 Å². The molecule has 0 fully saturated rings. The van der Waals surface area contributed by atoms with Crippen molar-refractivity contribution in [2.45, 2.75) is 57.1 Å². The van der Waals surface area contributed by atoms with Crippen molar-refractivity contribution in [3.8, 4) is 11.1 Å². The third-order valence-corrected chi connectivity index (χ3v) is 5.81. The van der Waals surface area contributed by atoms with E-state index in [0.717, 1.165) is 29.4 Å². The van der Waals surface area contributed by atoms with Crippen LogP contribution in [-0.2, 0) is 19.0 Å². The van der Waals surface area contributed by atoms with Crippen molar-refractivity contribution in [3.05, 3.63) is 59.7 Å². The molecular weight excluding hydrogens is 486 g/mol. The Bertz CT molecular complexity index is 1090. The Labute approximate surface area is 214 Å². The average molecular weight is 519 g/mol. The second-order valence-corrected chi connectivity index (χ2v) is 9.80. The Morgan fingerprint density at radius 1 is 0.946 bits per heavy atom. The molecule has 1 aliphatic carbocycles. The van der Waals surface area contributed by atoms with Crippen LogP contribution in [0.5, 0.6) is 0 Å². The Morgan fingerprint density at radius 3 is 2.05 bits per heavy atom. The molecule has 2 N–H and O–H groups in total. The molecule has 10 heteroatoms. The van der Waals surface area contributed by atoms with Crippen LogP contribution in [0, 0.1) is 0 Å². The molecular formula is C27H32F2N2O6. The van der Waals surface area contributed by atoms with Gasteiger partial charge in [-0.05, 0) is 49.4 Å². The highest BCUT2D eigenvalue weighted by Gasteiger charge is 2.34. The van der Waals surface area contributed by atoms with Gasteiger partial charge in [0.1, 0.15) is 18.2 Å². The maximum Gasteiger partial charge on any atom is 0.407 e. The summed E-state index contributed by atoms with van der Waals surface area (Å²) in [6.45, 7) is 3.85. The van der Waals surface area contributed by atoms with Gasteiger partial charge in [0.15, 0.2) is 0 Å². The Hall–Kier alpha value is -3.69. The van der Waals surface area contributed by atoms with Crippen LogP contribution in [0.3, 0.4) is 0 Å². The highest BCUT2D eigenvalue weighted by Crippen LogP contribution is 2.44. The minimum atomic E-state index is -3.36. The molecule has 0 saturated carbocycles. The SMILES string of the molecule is COC(=O)C(CCC(F)(F)CNC(=O)OC(C)(C)C)NC(=O)OCC1c2ccccc2-c2ccccc21. The van der Waals surface area contributed by atoms with E-state index in [9.17, 15) is 23.2 Å². The van der Waals surface area contributed by atoms with Crippen molar-refractivity contribution in [2.24, 2.45) is 0 Å². The maximum atomic E-state index is 14.3. The molecule has 0 aromatic heterocycles. The number of fused-ring (bicyclic) bond motifs is 3. The summed E-state index contributed by atoms with van der Waals surface area (Å²) in [5, 5.41) is 4.34. The van der Waals surface area contributed by atoms with Gasteiger partial charge in [0, 0.05) is 12.3 Å². The topological polar surface area (TPSA) is 103 Å². The van der Waals surface area contributed by atoms with Gasteiger partial charge in [0.05, 0.1) is 13.7 Å². The van der Waals surface area contributed by atoms with Crippen LogP contribution in [0.2, 0.25) is 0 Å². The smallest absolute Gasteiger partial charge is 0.407 e. The van der Waals surface area contributed by atoms with E-state index in [1.807, 2.05) is 53.8 Å². The molecule has 1 aliphatic rings. The number of carbonyl (C=O) groups excluding carboxylic acids is 3. The molecule has 0 saturated heterocycles. The number of carbonyl (C=O) groups is 3. The molecule has 0 heterocycles. The van der Waals surface area contributed by atoms with Crippen molar-refractivity contribution in [2.75, 3.05) is 20.3 Å². The summed E-state index contributed by atoms with van der Waals surface area (Å²) < 4.78 is 43.7. The summed E-state index contributed by atoms with van der Waals surface area (Å²) in [6, 6.07) is 14.3. The molecule has 2 aromatic carbocycles. The molecule has 1 atom stereocenters. The number of halogens is 2. The average Bonchev–Trinajstić information content (AvgIpc) is 3.16. The summed E-state index contributed by atoms with van der Waals surface area (Å²) in [7, 11) is 1.09. The Kier molecular flexibility index (Phi) is 8.73. The second-order valence-electron chi connectivity index (χ2n) is 9.80. The number of ether oxygens (including phenoxy) is 3. The lowest BCUT2D eigenvalue weighted by molar-refractivity contribution is -0.143. The lowest BCUT2D eigenvalue weighted by atomic mass is 9.98. The first kappa shape index (κ1) is 27.9. The number of nitrogens with one attached hydrogen (secondary N) is 2. The van der Waals surface area contributed by atoms with Crippen molar-refractivity contribution >= 4 is 18.2 Å². The molecule has 0 spiro atoms. The molecule has 200 valence electrons. The number of alkyl halides is 2. The summed E-state index contributed by atoms with van der Waals surface area (Å²) in [5.74, 6) is -4.44. The van der Waals surface area contributed by atoms with Crippen LogP contribution in [0.25, 0.3) is 11.1 Å². The normalized spacial score (nSPS) is 13.7. The third-order valence-electron chi connectivity index (χ3n) is 5.81. The first-order chi connectivity index (χ1) is 17.4. The molecule has 0 bridgehead atoms. The molecule has 2 aromatic rings. The van der Waals surface area contributed by atoms with E-state index in [1.165, 1.54) is 0 Å². The van der Waals surface area contributed by atoms with E-state index in [4.69, 9.17) is 9.47 Å². The largest absolute Gasteiger partial charge is 0.467 e. The zero-order valence-electron chi connectivity index (χ0n) is 21.3. The third kappa shape index (κ3) is 7.65. The van der Waals surface area contributed by atoms with Crippen molar-refractivity contribution in [3.63, 3.8) is 0 Å². The van der Waals surface area contributed by atoms with Gasteiger partial charge in [0.2, 0.25) is 0 Å². The lowest BCUT2D eigenvalue weighted by Gasteiger charge is -2.23. The van der Waals surface area contributed by atoms with Gasteiger partial charge in [0.25, 0.3) is 5.92 Å². The number of rotatable bonds is 9. The number of methoxy groups -OCH3 is 1. The van der Waals surface area contributed by atoms with Crippen LogP contribution in [0.1, 0.15) is 50.7 Å². The highest BCUT2D eigenvalue weighted by molar-refractivity contribution is 5.82. The first-order valence-corrected chi connectivity index (χ1v) is 11.9. The fourth-order valence-electron chi connectivity index (χ4n) is 4.13. The number of hydrogen-bond acceptors (Lipinski definition) is 6. The number of hydrogen-bond donors (Lipinski definition) is 2. The summed E-state index contributed by atoms with van der Waals surface area (Å²) in [6.07, 6.45) is -3.13. The van der Waals surface area contributed by atoms with E-state index >= 15 is 0 Å². The Balaban J connectivity index is 1.56. The number of benzene rings is 2. The van der Waals surface area contributed by atoms with Crippen molar-refractivity contribution in [1.29, 1.82) is 0 Å². The Morgan fingerprint density at radius 2 is 1.51 bits per heavy atom. The quantitative estimate of drug-likeness (QED) is 0.358. The van der Waals surface area contributed by atoms with Crippen molar-refractivity contribution in [1.82, 2.24) is 10.6 Å². The number of amides is 2. The van der Waals surface area contributed by atoms with Crippen LogP contribution in [0.4, 0.5) is 18.4 Å². The zero-order chi connectivity index (χ0) is 27.2. The van der Waals surface area contributed by atoms with Gasteiger partial charge in [-0.25, -0.2) is 23.2 Å². The number of alkyl carbamates (subject to hydrolysis) is 2. The maximum absolute atomic E-state index is 14.3. The molecule has 1 unspecified atom stereocenters. The van der Waals surface area contributed by atoms with Crippen molar-refractivity contribution < 1.29 is 37.4 Å². The molecule has 8 nitrogen and oxygen atoms in total. The van der Waals surface area contributed by atoms with E-state index in [-0.39, 0.29) is 12.5 Å². The van der Waals surface area contributed by atoms with Gasteiger partial charge in [-0.2, -0.15) is 0 Å². The van der Waals surface area contributed by atoms with E-state index in [1.54, 1.807) is 20.8 Å². The van der Waals surface area contributed by atoms with Gasteiger partial charge in [-0.3, -0.25) is 0 Å². The fraction of sp³-hybridized carbons (Fsp3) is 0.444. The monoisotopic (exact) mass is 518 g/mol. The summed E-state index contributed by atoms with van der Waals surface area (Å²) in [5.41, 5.74) is 3.31. The molecule has 0 radical (unpaired) electrons. The van der Waals surface area contributed by atoms with E-state index in [0.29, 0.717) is 0 Å². The second kappa shape index (κ2) is 11.6. The zero-order valence-corrected chi connectivity index (χ0v) is 21.3. The van der Waals surface area contributed by atoms with Crippen LogP contribution >= 0.6 is 0 Å². The van der Waals surface area contributed by atoms with Gasteiger partial charge in [-0.1, -0.05) is 48.5 Å². The van der Waals surface area contributed by atoms with Gasteiger partial charge < -0.3 is 24.8 Å². The first-order valence-electron chi connectivity index (χ1n) is 11.9. The van der Waals surface area contributed by atoms with Crippen LogP contribution in [0.15, 0.2) is 48.5 Å². The molecule has 3 rings (SSSR count). The molecule has 37 heavy (non-hydrogen) atoms. The summed E-state index contributed by atoms with van der Waals surface area (Å²) in [4.78, 5) is 36.3. The predicted molar refractivity (Wildman–Crippen MR) is 132 cm³/mol. The van der Waals surface area contributed by atoms with Gasteiger partial charge >= 0.3 is 18.2 Å². The minimum absolute atomic E-state index is 0.00369. The number of esters is 1. The molecule has 2 amide bonds. The standard InChI is InChI=1S/C27H32F2N2O6/c1-26(2,3)37-24(33)30-16-27(28,29)14-13-22(23(32)35-4)31-25(34)36-15-21-19-11-7-5-9-17(19)18-10-6-8-12-20(18)21/h5-12,21-22H,13-16H2,1-4H3,(H,30,33)(H,31,34). The fourth-order valence-corrected chi connectivity index (χ4v) is 4.13. The lowest BCUT2D eigenvalue weighted by Crippen LogP contribution is -2.44. The predicted octanol–water partition coefficient (Wildman–Crippen LogP) is 5.01. The minimum Gasteiger partial charge on any atom is -0.467 e. The van der Waals surface area contributed by atoms with E-state index < -0.39 is 55.1 Å². The highest BCUT2D eigenvalue weighted by atomic mass is 19.3. The van der Waals surface area contributed by atoms with Crippen LogP contribution in [-0.4, -0.2) is 56.0 Å².